The zero-order chi connectivity index (χ0) is 15.9. The molecule has 0 atom stereocenters. The summed E-state index contributed by atoms with van der Waals surface area (Å²) in [6.45, 7) is 3.46. The number of rotatable bonds is 2. The highest BCUT2D eigenvalue weighted by Gasteiger charge is 2.13. The van der Waals surface area contributed by atoms with Crippen molar-refractivity contribution in [2.45, 2.75) is 20.3 Å². The molecule has 3 rings (SSSR count). The summed E-state index contributed by atoms with van der Waals surface area (Å²) < 4.78 is 28.2. The van der Waals surface area contributed by atoms with Crippen LogP contribution in [0.1, 0.15) is 18.3 Å². The molecule has 3 nitrogen and oxygen atoms in total. The molecule has 22 heavy (non-hydrogen) atoms. The lowest BCUT2D eigenvalue weighted by molar-refractivity contribution is 0.619. The molecular formula is C17H14F2N2O. The summed E-state index contributed by atoms with van der Waals surface area (Å²) in [6, 6.07) is 8.42. The SMILES string of the molecule is CCc1nc2cc(F)c(C)cc2c(=O)n1-c1ccc(F)cc1. The van der Waals surface area contributed by atoms with E-state index in [0.29, 0.717) is 34.4 Å². The number of halogens is 2. The molecule has 0 radical (unpaired) electrons. The lowest BCUT2D eigenvalue weighted by Crippen LogP contribution is -2.23. The van der Waals surface area contributed by atoms with Gasteiger partial charge in [0.25, 0.3) is 5.56 Å². The van der Waals surface area contributed by atoms with E-state index in [9.17, 15) is 13.6 Å². The Hall–Kier alpha value is -2.56. The average Bonchev–Trinajstić information content (AvgIpc) is 2.50. The van der Waals surface area contributed by atoms with Crippen molar-refractivity contribution >= 4 is 10.9 Å². The van der Waals surface area contributed by atoms with E-state index >= 15 is 0 Å². The standard InChI is InChI=1S/C17H14F2N2O/c1-3-16-20-15-9-14(19)10(2)8-13(15)17(22)21(16)12-6-4-11(18)5-7-12/h4-9H,3H2,1-2H3. The molecule has 0 N–H and O–H groups in total. The van der Waals surface area contributed by atoms with Gasteiger partial charge in [0.2, 0.25) is 0 Å². The van der Waals surface area contributed by atoms with Gasteiger partial charge in [-0.15, -0.1) is 0 Å². The minimum atomic E-state index is -0.388. The van der Waals surface area contributed by atoms with Crippen molar-refractivity contribution in [2.24, 2.45) is 0 Å². The summed E-state index contributed by atoms with van der Waals surface area (Å²) in [7, 11) is 0. The van der Waals surface area contributed by atoms with E-state index in [1.54, 1.807) is 6.92 Å². The third kappa shape index (κ3) is 2.28. The highest BCUT2D eigenvalue weighted by atomic mass is 19.1. The number of benzene rings is 2. The van der Waals surface area contributed by atoms with Gasteiger partial charge in [0.05, 0.1) is 16.6 Å². The van der Waals surface area contributed by atoms with Crippen LogP contribution in [0.25, 0.3) is 16.6 Å². The van der Waals surface area contributed by atoms with Crippen LogP contribution in [0.15, 0.2) is 41.2 Å². The zero-order valence-electron chi connectivity index (χ0n) is 12.2. The van der Waals surface area contributed by atoms with Crippen LogP contribution in [0, 0.1) is 18.6 Å². The van der Waals surface area contributed by atoms with Gasteiger partial charge >= 0.3 is 0 Å². The second kappa shape index (κ2) is 5.33. The lowest BCUT2D eigenvalue weighted by Gasteiger charge is -2.13. The maximum Gasteiger partial charge on any atom is 0.265 e. The molecule has 5 heteroatoms. The molecule has 0 saturated heterocycles. The first-order chi connectivity index (χ1) is 10.5. The van der Waals surface area contributed by atoms with Crippen LogP contribution in [0.2, 0.25) is 0 Å². The molecule has 2 aromatic carbocycles. The summed E-state index contributed by atoms with van der Waals surface area (Å²) >= 11 is 0. The van der Waals surface area contributed by atoms with Crippen LogP contribution >= 0.6 is 0 Å². The van der Waals surface area contributed by atoms with Gasteiger partial charge in [0, 0.05) is 12.5 Å². The fourth-order valence-electron chi connectivity index (χ4n) is 2.46. The first kappa shape index (κ1) is 14.4. The van der Waals surface area contributed by atoms with E-state index in [2.05, 4.69) is 4.98 Å². The monoisotopic (exact) mass is 300 g/mol. The predicted molar refractivity (Wildman–Crippen MR) is 81.4 cm³/mol. The van der Waals surface area contributed by atoms with Crippen LogP contribution in [-0.2, 0) is 6.42 Å². The molecule has 0 spiro atoms. The van der Waals surface area contributed by atoms with E-state index in [4.69, 9.17) is 0 Å². The molecule has 0 saturated carbocycles. The third-order valence-corrected chi connectivity index (χ3v) is 3.62. The number of aromatic nitrogens is 2. The highest BCUT2D eigenvalue weighted by Crippen LogP contribution is 2.17. The Morgan fingerprint density at radius 3 is 2.45 bits per heavy atom. The van der Waals surface area contributed by atoms with Gasteiger partial charge in [-0.1, -0.05) is 6.92 Å². The van der Waals surface area contributed by atoms with Crippen molar-refractivity contribution in [1.82, 2.24) is 9.55 Å². The van der Waals surface area contributed by atoms with E-state index in [-0.39, 0.29) is 17.2 Å². The number of hydrogen-bond donors (Lipinski definition) is 0. The fourth-order valence-corrected chi connectivity index (χ4v) is 2.46. The van der Waals surface area contributed by atoms with E-state index in [1.165, 1.54) is 41.0 Å². The fraction of sp³-hybridized carbons (Fsp3) is 0.176. The molecule has 112 valence electrons. The molecule has 0 fully saturated rings. The average molecular weight is 300 g/mol. The van der Waals surface area contributed by atoms with E-state index < -0.39 is 0 Å². The second-order valence-corrected chi connectivity index (χ2v) is 5.12. The molecule has 1 aromatic heterocycles. The Labute approximate surface area is 125 Å². The quantitative estimate of drug-likeness (QED) is 0.725. The van der Waals surface area contributed by atoms with Gasteiger partial charge in [-0.3, -0.25) is 9.36 Å². The Kier molecular flexibility index (Phi) is 3.48. The van der Waals surface area contributed by atoms with Gasteiger partial charge < -0.3 is 0 Å². The van der Waals surface area contributed by atoms with Crippen molar-refractivity contribution in [1.29, 1.82) is 0 Å². The van der Waals surface area contributed by atoms with Gasteiger partial charge in [-0.05, 0) is 42.8 Å². The zero-order valence-corrected chi connectivity index (χ0v) is 12.2. The normalized spacial score (nSPS) is 11.1. The minimum Gasteiger partial charge on any atom is -0.268 e. The first-order valence-electron chi connectivity index (χ1n) is 6.99. The summed E-state index contributed by atoms with van der Waals surface area (Å²) in [6.07, 6.45) is 0.498. The van der Waals surface area contributed by atoms with Crippen molar-refractivity contribution in [2.75, 3.05) is 0 Å². The largest absolute Gasteiger partial charge is 0.268 e. The number of fused-ring (bicyclic) bond motifs is 1. The van der Waals surface area contributed by atoms with Crippen LogP contribution < -0.4 is 5.56 Å². The molecule has 1 heterocycles. The second-order valence-electron chi connectivity index (χ2n) is 5.12. The smallest absolute Gasteiger partial charge is 0.265 e. The van der Waals surface area contributed by atoms with E-state index in [0.717, 1.165) is 0 Å². The van der Waals surface area contributed by atoms with Crippen molar-refractivity contribution in [3.05, 3.63) is 69.8 Å². The van der Waals surface area contributed by atoms with Gasteiger partial charge in [0.15, 0.2) is 0 Å². The van der Waals surface area contributed by atoms with Crippen LogP contribution in [0.5, 0.6) is 0 Å². The summed E-state index contributed by atoms with van der Waals surface area (Å²) in [4.78, 5) is 17.1. The summed E-state index contributed by atoms with van der Waals surface area (Å²) in [5, 5.41) is 0.348. The number of nitrogens with zero attached hydrogens (tertiary/aromatic N) is 2. The van der Waals surface area contributed by atoms with Crippen LogP contribution in [-0.4, -0.2) is 9.55 Å². The van der Waals surface area contributed by atoms with Gasteiger partial charge in [-0.2, -0.15) is 0 Å². The number of aryl methyl sites for hydroxylation is 2. The summed E-state index contributed by atoms with van der Waals surface area (Å²) in [5.74, 6) is -0.255. The van der Waals surface area contributed by atoms with Crippen LogP contribution in [0.3, 0.4) is 0 Å². The molecular weight excluding hydrogens is 286 g/mol. The first-order valence-corrected chi connectivity index (χ1v) is 6.99. The molecule has 0 aliphatic heterocycles. The van der Waals surface area contributed by atoms with Crippen LogP contribution in [0.4, 0.5) is 8.78 Å². The Bertz CT molecular complexity index is 915. The predicted octanol–water partition coefficient (Wildman–Crippen LogP) is 3.53. The summed E-state index contributed by atoms with van der Waals surface area (Å²) in [5.41, 5.74) is 0.987. The molecule has 3 aromatic rings. The van der Waals surface area contributed by atoms with Gasteiger partial charge in [-0.25, -0.2) is 13.8 Å². The third-order valence-electron chi connectivity index (χ3n) is 3.62. The Morgan fingerprint density at radius 1 is 1.14 bits per heavy atom. The molecule has 0 aliphatic rings. The van der Waals surface area contributed by atoms with E-state index in [1.807, 2.05) is 6.92 Å². The lowest BCUT2D eigenvalue weighted by atomic mass is 10.1. The van der Waals surface area contributed by atoms with Gasteiger partial charge in [0.1, 0.15) is 17.5 Å². The molecule has 0 amide bonds. The molecule has 0 bridgehead atoms. The molecule has 0 unspecified atom stereocenters. The maximum absolute atomic E-state index is 13.7. The Morgan fingerprint density at radius 2 is 1.82 bits per heavy atom. The highest BCUT2D eigenvalue weighted by molar-refractivity contribution is 5.79. The topological polar surface area (TPSA) is 34.9 Å². The minimum absolute atomic E-state index is 0.281. The Balaban J connectivity index is 2.38. The van der Waals surface area contributed by atoms with Crippen molar-refractivity contribution in [3.63, 3.8) is 0 Å². The molecule has 0 aliphatic carbocycles. The maximum atomic E-state index is 13.7. The van der Waals surface area contributed by atoms with Crippen molar-refractivity contribution < 1.29 is 8.78 Å². The van der Waals surface area contributed by atoms with Crippen molar-refractivity contribution in [3.8, 4) is 5.69 Å². The number of hydrogen-bond acceptors (Lipinski definition) is 2.